The summed E-state index contributed by atoms with van der Waals surface area (Å²) in [6.45, 7) is 0.810. The number of aryl methyl sites for hydroxylation is 2. The molecule has 0 heterocycles. The molecule has 0 saturated carbocycles. The number of halogens is 1. The summed E-state index contributed by atoms with van der Waals surface area (Å²) in [6.07, 6.45) is 4.85. The summed E-state index contributed by atoms with van der Waals surface area (Å²) in [5, 5.41) is 1.01. The summed E-state index contributed by atoms with van der Waals surface area (Å²) in [5.74, 6) is 1.03. The van der Waals surface area contributed by atoms with Gasteiger partial charge in [0.15, 0.2) is 0 Å². The molecule has 0 fully saturated rings. The molecule has 76 valence electrons. The molecule has 1 aromatic rings. The molecule has 0 saturated heterocycles. The van der Waals surface area contributed by atoms with Crippen molar-refractivity contribution in [2.24, 2.45) is 0 Å². The molecule has 14 heavy (non-hydrogen) atoms. The maximum absolute atomic E-state index is 5.64. The highest BCUT2D eigenvalue weighted by molar-refractivity contribution is 9.09. The second-order valence-corrected chi connectivity index (χ2v) is 4.47. The fraction of sp³-hybridized carbons (Fsp3) is 0.500. The summed E-state index contributed by atoms with van der Waals surface area (Å²) < 4.78 is 5.64. The van der Waals surface area contributed by atoms with E-state index in [1.165, 1.54) is 30.4 Å². The Kier molecular flexibility index (Phi) is 3.46. The summed E-state index contributed by atoms with van der Waals surface area (Å²) in [7, 11) is 0. The lowest BCUT2D eigenvalue weighted by Gasteiger charge is -2.06. The van der Waals surface area contributed by atoms with Gasteiger partial charge >= 0.3 is 0 Å². The molecule has 0 N–H and O–H groups in total. The molecule has 1 aliphatic carbocycles. The number of ether oxygens (including phenoxy) is 1. The Morgan fingerprint density at radius 3 is 2.93 bits per heavy atom. The molecule has 0 aliphatic heterocycles. The van der Waals surface area contributed by atoms with Gasteiger partial charge in [-0.3, -0.25) is 0 Å². The first-order valence-electron chi connectivity index (χ1n) is 5.21. The summed E-state index contributed by atoms with van der Waals surface area (Å²) in [5.41, 5.74) is 3.00. The molecule has 1 nitrogen and oxygen atoms in total. The molecule has 0 bridgehead atoms. The van der Waals surface area contributed by atoms with Crippen LogP contribution in [0.5, 0.6) is 5.75 Å². The van der Waals surface area contributed by atoms with Crippen LogP contribution in [0.15, 0.2) is 18.2 Å². The van der Waals surface area contributed by atoms with Gasteiger partial charge in [-0.15, -0.1) is 0 Å². The van der Waals surface area contributed by atoms with Crippen molar-refractivity contribution in [2.75, 3.05) is 11.9 Å². The van der Waals surface area contributed by atoms with Crippen LogP contribution in [-0.4, -0.2) is 11.9 Å². The highest BCUT2D eigenvalue weighted by Crippen LogP contribution is 2.25. The molecule has 0 unspecified atom stereocenters. The van der Waals surface area contributed by atoms with Crippen molar-refractivity contribution in [1.29, 1.82) is 0 Å². The predicted molar refractivity (Wildman–Crippen MR) is 62.4 cm³/mol. The summed E-state index contributed by atoms with van der Waals surface area (Å²) in [4.78, 5) is 0. The maximum atomic E-state index is 5.64. The standard InChI is InChI=1S/C12H15BrO/c13-7-2-8-14-12-6-5-10-3-1-4-11(10)9-12/h5-6,9H,1-4,7-8H2. The Morgan fingerprint density at radius 1 is 1.21 bits per heavy atom. The van der Waals surface area contributed by atoms with Gasteiger partial charge in [0.25, 0.3) is 0 Å². The van der Waals surface area contributed by atoms with Gasteiger partial charge in [-0.1, -0.05) is 22.0 Å². The van der Waals surface area contributed by atoms with Gasteiger partial charge in [0.05, 0.1) is 6.61 Å². The van der Waals surface area contributed by atoms with Crippen LogP contribution in [0.1, 0.15) is 24.0 Å². The molecule has 2 rings (SSSR count). The van der Waals surface area contributed by atoms with Gasteiger partial charge in [0.2, 0.25) is 0 Å². The quantitative estimate of drug-likeness (QED) is 0.592. The van der Waals surface area contributed by atoms with E-state index < -0.39 is 0 Å². The van der Waals surface area contributed by atoms with E-state index in [-0.39, 0.29) is 0 Å². The fourth-order valence-corrected chi connectivity index (χ4v) is 2.11. The van der Waals surface area contributed by atoms with Crippen LogP contribution in [0.2, 0.25) is 0 Å². The Morgan fingerprint density at radius 2 is 2.07 bits per heavy atom. The van der Waals surface area contributed by atoms with Crippen LogP contribution >= 0.6 is 15.9 Å². The van der Waals surface area contributed by atoms with Crippen LogP contribution < -0.4 is 4.74 Å². The summed E-state index contributed by atoms with van der Waals surface area (Å²) >= 11 is 3.39. The van der Waals surface area contributed by atoms with Gasteiger partial charge in [-0.2, -0.15) is 0 Å². The van der Waals surface area contributed by atoms with Crippen LogP contribution in [-0.2, 0) is 12.8 Å². The SMILES string of the molecule is BrCCCOc1ccc2c(c1)CCC2. The first-order chi connectivity index (χ1) is 6.90. The van der Waals surface area contributed by atoms with E-state index in [9.17, 15) is 0 Å². The van der Waals surface area contributed by atoms with Crippen molar-refractivity contribution in [1.82, 2.24) is 0 Å². The third kappa shape index (κ3) is 2.30. The number of hydrogen-bond acceptors (Lipinski definition) is 1. The van der Waals surface area contributed by atoms with Gasteiger partial charge in [0, 0.05) is 5.33 Å². The second kappa shape index (κ2) is 4.83. The fourth-order valence-electron chi connectivity index (χ4n) is 1.88. The highest BCUT2D eigenvalue weighted by atomic mass is 79.9. The Bertz CT molecular complexity index is 309. The lowest BCUT2D eigenvalue weighted by atomic mass is 10.1. The number of fused-ring (bicyclic) bond motifs is 1. The zero-order valence-corrected chi connectivity index (χ0v) is 9.85. The normalized spacial score (nSPS) is 14.1. The number of alkyl halides is 1. The predicted octanol–water partition coefficient (Wildman–Crippen LogP) is 3.34. The smallest absolute Gasteiger partial charge is 0.119 e. The molecule has 1 aliphatic rings. The van der Waals surface area contributed by atoms with E-state index >= 15 is 0 Å². The molecule has 1 aromatic carbocycles. The Balaban J connectivity index is 1.98. The lowest BCUT2D eigenvalue weighted by Crippen LogP contribution is -1.98. The number of benzene rings is 1. The molecule has 0 aromatic heterocycles. The molecule has 0 amide bonds. The minimum atomic E-state index is 0.810. The van der Waals surface area contributed by atoms with Gasteiger partial charge in [-0.05, 0) is 48.9 Å². The molecule has 0 radical (unpaired) electrons. The molecular formula is C12H15BrO. The minimum absolute atomic E-state index is 0.810. The van der Waals surface area contributed by atoms with Crippen molar-refractivity contribution in [2.45, 2.75) is 25.7 Å². The maximum Gasteiger partial charge on any atom is 0.119 e. The average molecular weight is 255 g/mol. The molecular weight excluding hydrogens is 240 g/mol. The third-order valence-corrected chi connectivity index (χ3v) is 3.18. The zero-order valence-electron chi connectivity index (χ0n) is 8.26. The number of rotatable bonds is 4. The molecule has 0 atom stereocenters. The van der Waals surface area contributed by atoms with E-state index in [4.69, 9.17) is 4.74 Å². The van der Waals surface area contributed by atoms with E-state index in [0.717, 1.165) is 24.1 Å². The molecule has 2 heteroatoms. The first kappa shape index (κ1) is 10.0. The van der Waals surface area contributed by atoms with Crippen molar-refractivity contribution < 1.29 is 4.74 Å². The largest absolute Gasteiger partial charge is 0.494 e. The van der Waals surface area contributed by atoms with E-state index in [0.29, 0.717) is 0 Å². The third-order valence-electron chi connectivity index (χ3n) is 2.62. The number of hydrogen-bond donors (Lipinski definition) is 0. The minimum Gasteiger partial charge on any atom is -0.494 e. The van der Waals surface area contributed by atoms with Crippen LogP contribution in [0.25, 0.3) is 0 Å². The van der Waals surface area contributed by atoms with Gasteiger partial charge in [0.1, 0.15) is 5.75 Å². The van der Waals surface area contributed by atoms with E-state index in [1.54, 1.807) is 0 Å². The second-order valence-electron chi connectivity index (χ2n) is 3.68. The van der Waals surface area contributed by atoms with Crippen molar-refractivity contribution in [3.8, 4) is 5.75 Å². The zero-order chi connectivity index (χ0) is 9.80. The van der Waals surface area contributed by atoms with Crippen LogP contribution in [0.4, 0.5) is 0 Å². The van der Waals surface area contributed by atoms with Crippen LogP contribution in [0, 0.1) is 0 Å². The van der Waals surface area contributed by atoms with Crippen molar-refractivity contribution in [3.63, 3.8) is 0 Å². The summed E-state index contributed by atoms with van der Waals surface area (Å²) in [6, 6.07) is 6.51. The van der Waals surface area contributed by atoms with Crippen molar-refractivity contribution in [3.05, 3.63) is 29.3 Å². The van der Waals surface area contributed by atoms with E-state index in [1.807, 2.05) is 0 Å². The highest BCUT2D eigenvalue weighted by Gasteiger charge is 2.10. The molecule has 0 spiro atoms. The average Bonchev–Trinajstić information content (AvgIpc) is 2.65. The van der Waals surface area contributed by atoms with Crippen molar-refractivity contribution >= 4 is 15.9 Å². The van der Waals surface area contributed by atoms with Gasteiger partial charge < -0.3 is 4.74 Å². The van der Waals surface area contributed by atoms with Crippen LogP contribution in [0.3, 0.4) is 0 Å². The van der Waals surface area contributed by atoms with Gasteiger partial charge in [-0.25, -0.2) is 0 Å². The Labute approximate surface area is 93.6 Å². The first-order valence-corrected chi connectivity index (χ1v) is 6.33. The topological polar surface area (TPSA) is 9.23 Å². The van der Waals surface area contributed by atoms with E-state index in [2.05, 4.69) is 34.1 Å². The monoisotopic (exact) mass is 254 g/mol. The Hall–Kier alpha value is -0.500. The lowest BCUT2D eigenvalue weighted by molar-refractivity contribution is 0.319.